The van der Waals surface area contributed by atoms with Crippen molar-refractivity contribution in [1.29, 1.82) is 0 Å². The molecule has 0 aliphatic rings. The van der Waals surface area contributed by atoms with Crippen LogP contribution in [-0.4, -0.2) is 40.8 Å². The zero-order valence-corrected chi connectivity index (χ0v) is 19.8. The maximum Gasteiger partial charge on any atom is 0.195 e. The molecule has 0 spiro atoms. The van der Waals surface area contributed by atoms with Gasteiger partial charge in [0.1, 0.15) is 0 Å². The first-order valence-electron chi connectivity index (χ1n) is 9.03. The first-order valence-corrected chi connectivity index (χ1v) is 9.03. The number of nitrogens with one attached hydrogen (secondary N) is 2. The minimum atomic E-state index is 0. The Hall–Kier alpha value is -2.16. The summed E-state index contributed by atoms with van der Waals surface area (Å²) in [6.45, 7) is 5.34. The summed E-state index contributed by atoms with van der Waals surface area (Å²) in [6.07, 6.45) is 0. The van der Waals surface area contributed by atoms with Crippen molar-refractivity contribution >= 4 is 41.3 Å². The topological polar surface area (TPSA) is 58.1 Å². The average Bonchev–Trinajstić information content (AvgIpc) is 2.66. The van der Waals surface area contributed by atoms with E-state index < -0.39 is 0 Å². The van der Waals surface area contributed by atoms with E-state index in [1.54, 1.807) is 14.2 Å². The predicted molar refractivity (Wildman–Crippen MR) is 129 cm³/mol. The fourth-order valence-electron chi connectivity index (χ4n) is 2.67. The molecule has 0 amide bonds. The summed E-state index contributed by atoms with van der Waals surface area (Å²) in [4.78, 5) is 6.41. The van der Waals surface area contributed by atoms with Gasteiger partial charge in [0.05, 0.1) is 13.7 Å². The molecule has 0 bridgehead atoms. The van der Waals surface area contributed by atoms with Crippen LogP contribution in [0.25, 0.3) is 0 Å². The van der Waals surface area contributed by atoms with Gasteiger partial charge in [0.2, 0.25) is 0 Å². The van der Waals surface area contributed by atoms with E-state index in [4.69, 9.17) is 9.47 Å². The van der Waals surface area contributed by atoms with E-state index in [1.807, 2.05) is 39.2 Å². The molecule has 0 atom stereocenters. The number of benzene rings is 2. The van der Waals surface area contributed by atoms with E-state index in [0.717, 1.165) is 5.69 Å². The highest BCUT2D eigenvalue weighted by atomic mass is 127. The van der Waals surface area contributed by atoms with Crippen LogP contribution in [-0.2, 0) is 6.54 Å². The Balaban J connectivity index is 0.00000392. The minimum absolute atomic E-state index is 0. The fourth-order valence-corrected chi connectivity index (χ4v) is 2.67. The highest BCUT2D eigenvalue weighted by Crippen LogP contribution is 2.30. The van der Waals surface area contributed by atoms with Crippen LogP contribution in [0, 0.1) is 6.92 Å². The monoisotopic (exact) mass is 498 g/mol. The summed E-state index contributed by atoms with van der Waals surface area (Å²) < 4.78 is 11.0. The molecule has 6 nitrogen and oxygen atoms in total. The number of anilines is 2. The maximum atomic E-state index is 5.63. The number of methoxy groups -OCH3 is 1. The van der Waals surface area contributed by atoms with Crippen molar-refractivity contribution in [2.75, 3.05) is 45.1 Å². The number of rotatable bonds is 7. The molecule has 7 heteroatoms. The Bertz CT molecular complexity index is 794. The second-order valence-electron chi connectivity index (χ2n) is 6.35. The third-order valence-corrected chi connectivity index (χ3v) is 4.24. The molecule has 0 saturated heterocycles. The second kappa shape index (κ2) is 11.6. The summed E-state index contributed by atoms with van der Waals surface area (Å²) in [5, 5.41) is 6.65. The molecule has 0 radical (unpaired) electrons. The van der Waals surface area contributed by atoms with Crippen LogP contribution < -0.4 is 25.0 Å². The third-order valence-electron chi connectivity index (χ3n) is 4.24. The molecule has 2 aromatic rings. The predicted octanol–water partition coefficient (Wildman–Crippen LogP) is 4.27. The smallest absolute Gasteiger partial charge is 0.195 e. The summed E-state index contributed by atoms with van der Waals surface area (Å²) >= 11 is 0. The molecule has 2 rings (SSSR count). The Labute approximate surface area is 185 Å². The first-order chi connectivity index (χ1) is 13.0. The van der Waals surface area contributed by atoms with Gasteiger partial charge in [-0.15, -0.1) is 24.0 Å². The zero-order chi connectivity index (χ0) is 19.8. The molecule has 0 aliphatic heterocycles. The molecular formula is C21H31IN4O2. The number of hydrogen-bond acceptors (Lipinski definition) is 4. The van der Waals surface area contributed by atoms with Gasteiger partial charge in [-0.2, -0.15) is 0 Å². The van der Waals surface area contributed by atoms with E-state index in [2.05, 4.69) is 45.6 Å². The van der Waals surface area contributed by atoms with E-state index in [1.165, 1.54) is 16.8 Å². The largest absolute Gasteiger partial charge is 0.493 e. The molecule has 0 unspecified atom stereocenters. The van der Waals surface area contributed by atoms with Crippen molar-refractivity contribution < 1.29 is 9.47 Å². The van der Waals surface area contributed by atoms with E-state index in [-0.39, 0.29) is 24.0 Å². The number of halogens is 1. The van der Waals surface area contributed by atoms with Gasteiger partial charge >= 0.3 is 0 Å². The van der Waals surface area contributed by atoms with Crippen LogP contribution in [0.4, 0.5) is 11.4 Å². The van der Waals surface area contributed by atoms with Crippen molar-refractivity contribution in [3.05, 3.63) is 47.5 Å². The van der Waals surface area contributed by atoms with Gasteiger partial charge in [0.15, 0.2) is 17.5 Å². The standard InChI is InChI=1S/C21H30N4O2.HI/c1-7-27-20-13-17(9-11-19(20)26-6)24-21(22-3)23-14-16-8-10-18(25(4)5)12-15(16)2;/h8-13H,7,14H2,1-6H3,(H2,22,23,24);1H. The molecule has 0 aromatic heterocycles. The van der Waals surface area contributed by atoms with Gasteiger partial charge < -0.3 is 25.0 Å². The van der Waals surface area contributed by atoms with Gasteiger partial charge in [0, 0.05) is 45.1 Å². The molecular weight excluding hydrogens is 467 g/mol. The Morgan fingerprint density at radius 1 is 1.11 bits per heavy atom. The van der Waals surface area contributed by atoms with Crippen LogP contribution in [0.1, 0.15) is 18.1 Å². The molecule has 2 aromatic carbocycles. The third kappa shape index (κ3) is 6.47. The van der Waals surface area contributed by atoms with E-state index in [9.17, 15) is 0 Å². The number of aryl methyl sites for hydroxylation is 1. The van der Waals surface area contributed by atoms with Gasteiger partial charge in [0.25, 0.3) is 0 Å². The molecule has 0 heterocycles. The van der Waals surface area contributed by atoms with Crippen LogP contribution in [0.3, 0.4) is 0 Å². The summed E-state index contributed by atoms with van der Waals surface area (Å²) in [6, 6.07) is 12.2. The molecule has 154 valence electrons. The maximum absolute atomic E-state index is 5.63. The van der Waals surface area contributed by atoms with Gasteiger partial charge in [-0.05, 0) is 49.2 Å². The lowest BCUT2D eigenvalue weighted by Gasteiger charge is -2.17. The van der Waals surface area contributed by atoms with Crippen LogP contribution in [0.15, 0.2) is 41.4 Å². The number of nitrogens with zero attached hydrogens (tertiary/aromatic N) is 2. The minimum Gasteiger partial charge on any atom is -0.493 e. The normalized spacial score (nSPS) is 10.7. The number of ether oxygens (including phenoxy) is 2. The lowest BCUT2D eigenvalue weighted by Crippen LogP contribution is -2.30. The van der Waals surface area contributed by atoms with Gasteiger partial charge in [-0.1, -0.05) is 6.07 Å². The Morgan fingerprint density at radius 3 is 2.43 bits per heavy atom. The lowest BCUT2D eigenvalue weighted by molar-refractivity contribution is 0.311. The van der Waals surface area contributed by atoms with Crippen molar-refractivity contribution in [3.8, 4) is 11.5 Å². The fraction of sp³-hybridized carbons (Fsp3) is 0.381. The molecule has 28 heavy (non-hydrogen) atoms. The first kappa shape index (κ1) is 23.9. The van der Waals surface area contributed by atoms with Gasteiger partial charge in [-0.25, -0.2) is 0 Å². The van der Waals surface area contributed by atoms with Crippen molar-refractivity contribution in [2.45, 2.75) is 20.4 Å². The summed E-state index contributed by atoms with van der Waals surface area (Å²) in [5.41, 5.74) is 4.55. The molecule has 0 fully saturated rings. The number of guanidine groups is 1. The van der Waals surface area contributed by atoms with E-state index in [0.29, 0.717) is 30.6 Å². The zero-order valence-electron chi connectivity index (χ0n) is 17.5. The number of hydrogen-bond donors (Lipinski definition) is 2. The average molecular weight is 498 g/mol. The number of aliphatic imine (C=N–C) groups is 1. The summed E-state index contributed by atoms with van der Waals surface area (Å²) in [5.74, 6) is 2.11. The van der Waals surface area contributed by atoms with Gasteiger partial charge in [-0.3, -0.25) is 4.99 Å². The van der Waals surface area contributed by atoms with Crippen molar-refractivity contribution in [3.63, 3.8) is 0 Å². The van der Waals surface area contributed by atoms with Crippen molar-refractivity contribution in [2.24, 2.45) is 4.99 Å². The summed E-state index contributed by atoms with van der Waals surface area (Å²) in [7, 11) is 7.48. The van der Waals surface area contributed by atoms with Crippen LogP contribution in [0.5, 0.6) is 11.5 Å². The lowest BCUT2D eigenvalue weighted by atomic mass is 10.1. The molecule has 0 aliphatic carbocycles. The SMILES string of the molecule is CCOc1cc(NC(=NC)NCc2ccc(N(C)C)cc2C)ccc1OC.I. The van der Waals surface area contributed by atoms with Crippen LogP contribution >= 0.6 is 24.0 Å². The second-order valence-corrected chi connectivity index (χ2v) is 6.35. The van der Waals surface area contributed by atoms with Crippen molar-refractivity contribution in [1.82, 2.24) is 5.32 Å². The quantitative estimate of drug-likeness (QED) is 0.339. The molecule has 0 saturated carbocycles. The molecule has 2 N–H and O–H groups in total. The highest BCUT2D eigenvalue weighted by molar-refractivity contribution is 14.0. The highest BCUT2D eigenvalue weighted by Gasteiger charge is 2.08. The Kier molecular flexibility index (Phi) is 9.92. The van der Waals surface area contributed by atoms with E-state index >= 15 is 0 Å². The Morgan fingerprint density at radius 2 is 1.86 bits per heavy atom. The van der Waals surface area contributed by atoms with Crippen LogP contribution in [0.2, 0.25) is 0 Å².